The lowest BCUT2D eigenvalue weighted by Crippen LogP contribution is -2.30. The molecule has 2 aromatic rings. The highest BCUT2D eigenvalue weighted by atomic mass is 79.9. The van der Waals surface area contributed by atoms with Crippen molar-refractivity contribution >= 4 is 15.9 Å². The van der Waals surface area contributed by atoms with Gasteiger partial charge in [-0.05, 0) is 25.1 Å². The van der Waals surface area contributed by atoms with Gasteiger partial charge in [-0.1, -0.05) is 47.1 Å². The first-order chi connectivity index (χ1) is 9.24. The van der Waals surface area contributed by atoms with Crippen LogP contribution >= 0.6 is 15.9 Å². The van der Waals surface area contributed by atoms with Gasteiger partial charge in [-0.15, -0.1) is 0 Å². The molecule has 0 saturated carbocycles. The molecule has 2 rings (SSSR count). The summed E-state index contributed by atoms with van der Waals surface area (Å²) >= 11 is 3.50. The second-order valence-corrected chi connectivity index (χ2v) is 5.21. The predicted molar refractivity (Wildman–Crippen MR) is 78.9 cm³/mol. The quantitative estimate of drug-likeness (QED) is 0.884. The van der Waals surface area contributed by atoms with E-state index in [-0.39, 0.29) is 0 Å². The Hall–Kier alpha value is -1.20. The molecule has 0 amide bonds. The summed E-state index contributed by atoms with van der Waals surface area (Å²) in [5.74, 6) is 1.31. The molecule has 0 aliphatic rings. The lowest BCUT2D eigenvalue weighted by atomic mass is 10.1. The first-order valence-corrected chi connectivity index (χ1v) is 7.34. The molecule has 19 heavy (non-hydrogen) atoms. The molecule has 4 nitrogen and oxygen atoms in total. The van der Waals surface area contributed by atoms with Gasteiger partial charge in [-0.3, -0.25) is 0 Å². The minimum Gasteiger partial charge on any atom is -0.339 e. The van der Waals surface area contributed by atoms with Gasteiger partial charge in [0.25, 0.3) is 0 Å². The van der Waals surface area contributed by atoms with E-state index in [4.69, 9.17) is 4.52 Å². The summed E-state index contributed by atoms with van der Waals surface area (Å²) in [5, 5.41) is 7.45. The Kier molecular flexibility index (Phi) is 5.10. The van der Waals surface area contributed by atoms with Gasteiger partial charge in [0.15, 0.2) is 0 Å². The van der Waals surface area contributed by atoms with Crippen LogP contribution in [-0.2, 0) is 6.42 Å². The average Bonchev–Trinajstić information content (AvgIpc) is 2.87. The van der Waals surface area contributed by atoms with Gasteiger partial charge in [0.05, 0.1) is 0 Å². The Morgan fingerprint density at radius 1 is 1.32 bits per heavy atom. The fraction of sp³-hybridized carbons (Fsp3) is 0.429. The third-order valence-corrected chi connectivity index (χ3v) is 3.68. The van der Waals surface area contributed by atoms with Crippen LogP contribution in [0.2, 0.25) is 0 Å². The van der Waals surface area contributed by atoms with E-state index in [1.54, 1.807) is 0 Å². The van der Waals surface area contributed by atoms with Crippen molar-refractivity contribution in [2.45, 2.75) is 32.7 Å². The summed E-state index contributed by atoms with van der Waals surface area (Å²) in [7, 11) is 0. The lowest BCUT2D eigenvalue weighted by molar-refractivity contribution is 0.355. The second kappa shape index (κ2) is 6.82. The topological polar surface area (TPSA) is 51.0 Å². The van der Waals surface area contributed by atoms with Crippen LogP contribution in [0.1, 0.15) is 26.2 Å². The molecule has 1 atom stereocenters. The van der Waals surface area contributed by atoms with Crippen molar-refractivity contribution in [1.29, 1.82) is 0 Å². The normalized spacial score (nSPS) is 12.6. The van der Waals surface area contributed by atoms with Crippen LogP contribution in [0.3, 0.4) is 0 Å². The van der Waals surface area contributed by atoms with E-state index < -0.39 is 0 Å². The highest BCUT2D eigenvalue weighted by Gasteiger charge is 2.14. The third-order valence-electron chi connectivity index (χ3n) is 2.99. The van der Waals surface area contributed by atoms with E-state index in [1.807, 2.05) is 24.3 Å². The van der Waals surface area contributed by atoms with Gasteiger partial charge >= 0.3 is 0 Å². The number of likely N-dealkylation sites (N-methyl/N-ethyl adjacent to an activating group) is 1. The molecule has 0 fully saturated rings. The summed E-state index contributed by atoms with van der Waals surface area (Å²) < 4.78 is 6.30. The van der Waals surface area contributed by atoms with Crippen LogP contribution in [0.4, 0.5) is 0 Å². The molecule has 1 heterocycles. The van der Waals surface area contributed by atoms with Crippen molar-refractivity contribution in [2.24, 2.45) is 0 Å². The molecule has 102 valence electrons. The largest absolute Gasteiger partial charge is 0.339 e. The number of nitrogens with zero attached hydrogens (tertiary/aromatic N) is 2. The number of benzene rings is 1. The van der Waals surface area contributed by atoms with Crippen molar-refractivity contribution in [2.75, 3.05) is 6.54 Å². The SMILES string of the molecule is CCNC(CC)Cc1nc(-c2ccccc2Br)no1. The van der Waals surface area contributed by atoms with Crippen molar-refractivity contribution in [3.63, 3.8) is 0 Å². The molecule has 0 radical (unpaired) electrons. The van der Waals surface area contributed by atoms with E-state index in [0.717, 1.165) is 29.4 Å². The first kappa shape index (κ1) is 14.2. The zero-order valence-electron chi connectivity index (χ0n) is 11.2. The summed E-state index contributed by atoms with van der Waals surface area (Å²) in [4.78, 5) is 4.46. The zero-order valence-corrected chi connectivity index (χ0v) is 12.8. The van der Waals surface area contributed by atoms with Crippen LogP contribution in [0.25, 0.3) is 11.4 Å². The van der Waals surface area contributed by atoms with E-state index in [9.17, 15) is 0 Å². The van der Waals surface area contributed by atoms with Crippen molar-refractivity contribution in [3.05, 3.63) is 34.6 Å². The first-order valence-electron chi connectivity index (χ1n) is 6.55. The summed E-state index contributed by atoms with van der Waals surface area (Å²) in [6, 6.07) is 8.26. The van der Waals surface area contributed by atoms with Gasteiger partial charge in [-0.25, -0.2) is 0 Å². The lowest BCUT2D eigenvalue weighted by Gasteiger charge is -2.12. The van der Waals surface area contributed by atoms with Crippen molar-refractivity contribution in [3.8, 4) is 11.4 Å². The molecule has 5 heteroatoms. The Morgan fingerprint density at radius 3 is 2.79 bits per heavy atom. The predicted octanol–water partition coefficient (Wildman–Crippen LogP) is 3.43. The highest BCUT2D eigenvalue weighted by molar-refractivity contribution is 9.10. The monoisotopic (exact) mass is 323 g/mol. The number of hydrogen-bond acceptors (Lipinski definition) is 4. The Morgan fingerprint density at radius 2 is 2.11 bits per heavy atom. The second-order valence-electron chi connectivity index (χ2n) is 4.36. The minimum atomic E-state index is 0.387. The highest BCUT2D eigenvalue weighted by Crippen LogP contribution is 2.25. The van der Waals surface area contributed by atoms with Gasteiger partial charge in [0, 0.05) is 22.5 Å². The molecule has 1 N–H and O–H groups in total. The number of rotatable bonds is 6. The van der Waals surface area contributed by atoms with Gasteiger partial charge in [0.1, 0.15) is 0 Å². The maximum absolute atomic E-state index is 5.33. The standard InChI is InChI=1S/C14H18BrN3O/c1-3-10(16-4-2)9-13-17-14(18-19-13)11-7-5-6-8-12(11)15/h5-8,10,16H,3-4,9H2,1-2H3. The molecular weight excluding hydrogens is 306 g/mol. The van der Waals surface area contributed by atoms with Crippen LogP contribution in [0.15, 0.2) is 33.3 Å². The minimum absolute atomic E-state index is 0.387. The Balaban J connectivity index is 2.13. The molecule has 0 bridgehead atoms. The number of aromatic nitrogens is 2. The van der Waals surface area contributed by atoms with Crippen molar-refractivity contribution in [1.82, 2.24) is 15.5 Å². The fourth-order valence-corrected chi connectivity index (χ4v) is 2.41. The molecule has 0 aliphatic carbocycles. The van der Waals surface area contributed by atoms with Gasteiger partial charge in [0.2, 0.25) is 11.7 Å². The summed E-state index contributed by atoms with van der Waals surface area (Å²) in [6.45, 7) is 5.20. The Labute approximate surface area is 121 Å². The molecular formula is C14H18BrN3O. The summed E-state index contributed by atoms with van der Waals surface area (Å²) in [5.41, 5.74) is 0.953. The van der Waals surface area contributed by atoms with E-state index in [1.165, 1.54) is 0 Å². The number of hydrogen-bond donors (Lipinski definition) is 1. The number of nitrogens with one attached hydrogen (secondary N) is 1. The average molecular weight is 324 g/mol. The molecule has 1 unspecified atom stereocenters. The van der Waals surface area contributed by atoms with E-state index >= 15 is 0 Å². The smallest absolute Gasteiger partial charge is 0.228 e. The van der Waals surface area contributed by atoms with E-state index in [2.05, 4.69) is 45.2 Å². The van der Waals surface area contributed by atoms with Crippen LogP contribution in [0, 0.1) is 0 Å². The maximum Gasteiger partial charge on any atom is 0.228 e. The molecule has 0 spiro atoms. The van der Waals surface area contributed by atoms with Gasteiger partial charge in [-0.2, -0.15) is 4.98 Å². The number of halogens is 1. The Bertz CT molecular complexity index is 527. The van der Waals surface area contributed by atoms with E-state index in [0.29, 0.717) is 17.8 Å². The molecule has 1 aromatic carbocycles. The van der Waals surface area contributed by atoms with Gasteiger partial charge < -0.3 is 9.84 Å². The zero-order chi connectivity index (χ0) is 13.7. The fourth-order valence-electron chi connectivity index (χ4n) is 1.95. The van der Waals surface area contributed by atoms with Crippen LogP contribution < -0.4 is 5.32 Å². The third kappa shape index (κ3) is 3.64. The molecule has 0 saturated heterocycles. The molecule has 0 aliphatic heterocycles. The summed E-state index contributed by atoms with van der Waals surface area (Å²) in [6.07, 6.45) is 1.81. The van der Waals surface area contributed by atoms with Crippen LogP contribution in [0.5, 0.6) is 0 Å². The van der Waals surface area contributed by atoms with Crippen LogP contribution in [-0.4, -0.2) is 22.7 Å². The maximum atomic E-state index is 5.33. The van der Waals surface area contributed by atoms with Crippen molar-refractivity contribution < 1.29 is 4.52 Å². The molecule has 1 aromatic heterocycles.